The molecule has 6 nitrogen and oxygen atoms in total. The lowest BCUT2D eigenvalue weighted by atomic mass is 9.68. The first-order valence-electron chi connectivity index (χ1n) is 14.3. The summed E-state index contributed by atoms with van der Waals surface area (Å²) in [6, 6.07) is 20.8. The van der Waals surface area contributed by atoms with Crippen molar-refractivity contribution in [3.05, 3.63) is 108 Å². The monoisotopic (exact) mass is 648 g/mol. The Kier molecular flexibility index (Phi) is 6.56. The number of nitrogens with one attached hydrogen (secondary N) is 1. The summed E-state index contributed by atoms with van der Waals surface area (Å²) in [5.74, 6) is -0.387. The van der Waals surface area contributed by atoms with Crippen LogP contribution in [0.2, 0.25) is 10.0 Å². The van der Waals surface area contributed by atoms with Gasteiger partial charge in [-0.3, -0.25) is 19.3 Å². The average Bonchev–Trinajstić information content (AvgIpc) is 3.72. The number of aromatic nitrogens is 1. The SMILES string of the molecule is Cc1ccc(N2C(=O)C3C(C2=O)[C@@H]2C[C@H]3C3Sc4[nH]c(=O)sc4C(c4cc(Cl)ccc4OCc4cccc(Cl)c4)C32)cc1. The lowest BCUT2D eigenvalue weighted by Gasteiger charge is -2.43. The summed E-state index contributed by atoms with van der Waals surface area (Å²) in [6.45, 7) is 2.30. The summed E-state index contributed by atoms with van der Waals surface area (Å²) >= 11 is 15.7. The van der Waals surface area contributed by atoms with Crippen molar-refractivity contribution in [2.75, 3.05) is 4.90 Å². The molecule has 2 aliphatic heterocycles. The van der Waals surface area contributed by atoms with Crippen molar-refractivity contribution >= 4 is 63.8 Å². The van der Waals surface area contributed by atoms with Crippen LogP contribution in [0.15, 0.2) is 76.6 Å². The number of nitrogens with zero attached hydrogens (tertiary/aromatic N) is 1. The molecule has 43 heavy (non-hydrogen) atoms. The number of imide groups is 1. The van der Waals surface area contributed by atoms with Crippen LogP contribution in [0.4, 0.5) is 5.69 Å². The number of thiazole rings is 1. The molecule has 7 atom stereocenters. The standard InChI is InChI=1S/C33H26Cl2N2O4S2/c1-15-5-8-19(9-6-15)37-31(38)26-21-13-22(27(26)32(37)39)28-25(21)24(29-30(42-28)36-33(40)43-29)20-12-18(35)7-10-23(20)41-14-16-3-2-4-17(34)11-16/h2-12,21-22,24-28H,13-14H2,1H3,(H,36,40)/t21-,22-,24?,25?,26?,27?,28?/m1/s1. The van der Waals surface area contributed by atoms with E-state index in [-0.39, 0.29) is 57.4 Å². The van der Waals surface area contributed by atoms with Gasteiger partial charge in [0.1, 0.15) is 12.4 Å². The molecule has 3 heterocycles. The van der Waals surface area contributed by atoms with Crippen LogP contribution in [-0.2, 0) is 16.2 Å². The maximum atomic E-state index is 14.0. The van der Waals surface area contributed by atoms with Gasteiger partial charge >= 0.3 is 4.87 Å². The summed E-state index contributed by atoms with van der Waals surface area (Å²) in [7, 11) is 0. The summed E-state index contributed by atoms with van der Waals surface area (Å²) in [5.41, 5.74) is 3.55. The fraction of sp³-hybridized carbons (Fsp3) is 0.303. The Morgan fingerprint density at radius 3 is 2.44 bits per heavy atom. The molecule has 10 heteroatoms. The number of ether oxygens (including phenoxy) is 1. The third kappa shape index (κ3) is 4.32. The minimum absolute atomic E-state index is 0.00508. The van der Waals surface area contributed by atoms with Crippen molar-refractivity contribution in [2.45, 2.75) is 36.1 Å². The van der Waals surface area contributed by atoms with Crippen LogP contribution in [0, 0.1) is 36.5 Å². The molecule has 4 aromatic rings. The van der Waals surface area contributed by atoms with Gasteiger partial charge in [-0.2, -0.15) is 0 Å². The number of benzene rings is 3. The largest absolute Gasteiger partial charge is 0.489 e. The van der Waals surface area contributed by atoms with E-state index in [1.165, 1.54) is 16.2 Å². The second kappa shape index (κ2) is 10.3. The van der Waals surface area contributed by atoms with E-state index < -0.39 is 0 Å². The molecule has 218 valence electrons. The van der Waals surface area contributed by atoms with Crippen molar-refractivity contribution in [3.8, 4) is 5.75 Å². The van der Waals surface area contributed by atoms with Gasteiger partial charge in [0.15, 0.2) is 0 Å². The van der Waals surface area contributed by atoms with Gasteiger partial charge in [0.25, 0.3) is 0 Å². The van der Waals surface area contributed by atoms with Gasteiger partial charge in [-0.1, -0.05) is 64.4 Å². The molecule has 2 amide bonds. The number of halogens is 2. The topological polar surface area (TPSA) is 79.5 Å². The van der Waals surface area contributed by atoms with E-state index in [1.54, 1.807) is 11.8 Å². The first-order valence-corrected chi connectivity index (χ1v) is 16.7. The van der Waals surface area contributed by atoms with Crippen molar-refractivity contribution in [1.82, 2.24) is 4.98 Å². The Balaban J connectivity index is 1.20. The Labute approximate surface area is 266 Å². The average molecular weight is 650 g/mol. The van der Waals surface area contributed by atoms with Crippen LogP contribution in [0.3, 0.4) is 0 Å². The van der Waals surface area contributed by atoms with Crippen LogP contribution in [0.1, 0.15) is 33.9 Å². The number of rotatable bonds is 5. The minimum atomic E-state index is -0.379. The van der Waals surface area contributed by atoms with E-state index in [2.05, 4.69) is 4.98 Å². The van der Waals surface area contributed by atoms with E-state index in [4.69, 9.17) is 27.9 Å². The fourth-order valence-electron chi connectivity index (χ4n) is 7.99. The zero-order valence-electron chi connectivity index (χ0n) is 23.0. The summed E-state index contributed by atoms with van der Waals surface area (Å²) in [4.78, 5) is 45.9. The highest BCUT2D eigenvalue weighted by molar-refractivity contribution is 8.00. The van der Waals surface area contributed by atoms with E-state index in [9.17, 15) is 14.4 Å². The predicted molar refractivity (Wildman–Crippen MR) is 169 cm³/mol. The van der Waals surface area contributed by atoms with Gasteiger partial charge in [-0.25, -0.2) is 0 Å². The van der Waals surface area contributed by atoms with Gasteiger partial charge in [-0.15, -0.1) is 11.8 Å². The molecule has 0 radical (unpaired) electrons. The molecule has 3 aromatic carbocycles. The van der Waals surface area contributed by atoms with Crippen LogP contribution in [0.5, 0.6) is 5.75 Å². The van der Waals surface area contributed by atoms with Gasteiger partial charge < -0.3 is 9.72 Å². The highest BCUT2D eigenvalue weighted by Gasteiger charge is 2.69. The Morgan fingerprint density at radius 2 is 1.67 bits per heavy atom. The number of H-pyrrole nitrogens is 1. The number of anilines is 1. The molecule has 1 saturated heterocycles. The summed E-state index contributed by atoms with van der Waals surface area (Å²) < 4.78 is 6.41. The number of carbonyl (C=O) groups is 2. The maximum absolute atomic E-state index is 14.0. The lowest BCUT2D eigenvalue weighted by Crippen LogP contribution is -2.42. The van der Waals surface area contributed by atoms with Gasteiger partial charge in [0.2, 0.25) is 11.8 Å². The van der Waals surface area contributed by atoms with E-state index >= 15 is 0 Å². The van der Waals surface area contributed by atoms with Crippen molar-refractivity contribution < 1.29 is 14.3 Å². The van der Waals surface area contributed by atoms with E-state index in [0.717, 1.165) is 33.0 Å². The molecule has 5 unspecified atom stereocenters. The molecule has 1 aromatic heterocycles. The first kappa shape index (κ1) is 27.5. The number of hydrogen-bond acceptors (Lipinski definition) is 6. The third-order valence-electron chi connectivity index (χ3n) is 9.61. The quantitative estimate of drug-likeness (QED) is 0.230. The van der Waals surface area contributed by atoms with E-state index in [1.807, 2.05) is 73.7 Å². The zero-order chi connectivity index (χ0) is 29.6. The number of fused-ring (bicyclic) bond motifs is 9. The Morgan fingerprint density at radius 1 is 0.930 bits per heavy atom. The minimum Gasteiger partial charge on any atom is -0.489 e. The Hall–Kier alpha value is -3.04. The molecule has 2 saturated carbocycles. The zero-order valence-corrected chi connectivity index (χ0v) is 26.1. The third-order valence-corrected chi connectivity index (χ3v) is 12.7. The second-order valence-corrected chi connectivity index (χ2v) is 15.0. The molecule has 4 aliphatic rings. The van der Waals surface area contributed by atoms with Crippen molar-refractivity contribution in [2.24, 2.45) is 29.6 Å². The highest BCUT2D eigenvalue weighted by atomic mass is 35.5. The highest BCUT2D eigenvalue weighted by Crippen LogP contribution is 2.69. The molecular formula is C33H26Cl2N2O4S2. The van der Waals surface area contributed by atoms with Crippen LogP contribution < -0.4 is 14.5 Å². The van der Waals surface area contributed by atoms with Gasteiger partial charge in [0.05, 0.1) is 22.5 Å². The van der Waals surface area contributed by atoms with Crippen LogP contribution in [0.25, 0.3) is 0 Å². The number of thioether (sulfide) groups is 1. The summed E-state index contributed by atoms with van der Waals surface area (Å²) in [6.07, 6.45) is 0.811. The number of aromatic amines is 1. The lowest BCUT2D eigenvalue weighted by molar-refractivity contribution is -0.123. The number of amides is 2. The molecule has 2 aliphatic carbocycles. The van der Waals surface area contributed by atoms with Gasteiger partial charge in [0, 0.05) is 31.7 Å². The van der Waals surface area contributed by atoms with Crippen LogP contribution >= 0.6 is 46.3 Å². The smallest absolute Gasteiger partial charge is 0.305 e. The Bertz CT molecular complexity index is 1850. The second-order valence-electron chi connectivity index (χ2n) is 11.9. The molecule has 3 fully saturated rings. The predicted octanol–water partition coefficient (Wildman–Crippen LogP) is 7.31. The first-order chi connectivity index (χ1) is 20.8. The molecule has 8 rings (SSSR count). The molecule has 0 spiro atoms. The maximum Gasteiger partial charge on any atom is 0.305 e. The number of carbonyl (C=O) groups excluding carboxylic acids is 2. The van der Waals surface area contributed by atoms with Crippen LogP contribution in [-0.4, -0.2) is 22.0 Å². The number of aryl methyl sites for hydroxylation is 1. The molecular weight excluding hydrogens is 623 g/mol. The fourth-order valence-corrected chi connectivity index (χ4v) is 11.3. The normalized spacial score (nSPS) is 28.6. The molecule has 1 N–H and O–H groups in total. The number of hydrogen-bond donors (Lipinski definition) is 1. The van der Waals surface area contributed by atoms with E-state index in [0.29, 0.717) is 28.1 Å². The van der Waals surface area contributed by atoms with Crippen molar-refractivity contribution in [3.63, 3.8) is 0 Å². The summed E-state index contributed by atoms with van der Waals surface area (Å²) in [5, 5.41) is 2.13. The molecule has 2 bridgehead atoms. The van der Waals surface area contributed by atoms with Crippen molar-refractivity contribution in [1.29, 1.82) is 0 Å². The van der Waals surface area contributed by atoms with Gasteiger partial charge in [-0.05, 0) is 79.1 Å².